The Balaban J connectivity index is 1.70. The van der Waals surface area contributed by atoms with Crippen LogP contribution in [0.4, 0.5) is 0 Å². The zero-order valence-electron chi connectivity index (χ0n) is 16.3. The fraction of sp³-hybridized carbons (Fsp3) is 0.333. The van der Waals surface area contributed by atoms with Crippen molar-refractivity contribution in [2.45, 2.75) is 50.1 Å². The number of fused-ring (bicyclic) bond motifs is 1. The summed E-state index contributed by atoms with van der Waals surface area (Å²) in [4.78, 5) is 28.2. The summed E-state index contributed by atoms with van der Waals surface area (Å²) >= 11 is 0. The molecule has 7 nitrogen and oxygen atoms in total. The number of aromatic amines is 2. The van der Waals surface area contributed by atoms with E-state index in [9.17, 15) is 18.0 Å². The summed E-state index contributed by atoms with van der Waals surface area (Å²) in [5.41, 5.74) is 1.20. The van der Waals surface area contributed by atoms with Crippen molar-refractivity contribution < 1.29 is 8.42 Å². The topological polar surface area (TPSA) is 103 Å². The Labute approximate surface area is 168 Å². The van der Waals surface area contributed by atoms with Crippen LogP contribution in [0, 0.1) is 0 Å². The molecule has 1 saturated carbocycles. The number of rotatable bonds is 6. The van der Waals surface area contributed by atoms with E-state index in [1.165, 1.54) is 28.1 Å². The van der Waals surface area contributed by atoms with E-state index in [-0.39, 0.29) is 22.9 Å². The Morgan fingerprint density at radius 2 is 1.72 bits per heavy atom. The molecule has 8 heteroatoms. The van der Waals surface area contributed by atoms with Gasteiger partial charge in [-0.15, -0.1) is 0 Å². The SMILES string of the molecule is CC(C)c1ccc(CN(C2CC2)S(=O)(=O)c2ccc3[nH]c(=O)[nH]c(=O)c3c2)cc1. The van der Waals surface area contributed by atoms with Gasteiger partial charge in [0, 0.05) is 12.6 Å². The van der Waals surface area contributed by atoms with E-state index >= 15 is 0 Å². The van der Waals surface area contributed by atoms with Gasteiger partial charge >= 0.3 is 5.69 Å². The second kappa shape index (κ2) is 7.27. The van der Waals surface area contributed by atoms with Crippen LogP contribution >= 0.6 is 0 Å². The van der Waals surface area contributed by atoms with Gasteiger partial charge < -0.3 is 4.98 Å². The molecule has 0 bridgehead atoms. The highest BCUT2D eigenvalue weighted by Gasteiger charge is 2.38. The fourth-order valence-electron chi connectivity index (χ4n) is 3.40. The van der Waals surface area contributed by atoms with Crippen molar-refractivity contribution in [2.75, 3.05) is 0 Å². The highest BCUT2D eigenvalue weighted by Crippen LogP contribution is 2.34. The molecule has 0 amide bonds. The monoisotopic (exact) mass is 413 g/mol. The number of nitrogens with zero attached hydrogens (tertiary/aromatic N) is 1. The highest BCUT2D eigenvalue weighted by atomic mass is 32.2. The van der Waals surface area contributed by atoms with Crippen molar-refractivity contribution in [1.82, 2.24) is 14.3 Å². The minimum atomic E-state index is -3.79. The van der Waals surface area contributed by atoms with E-state index in [1.54, 1.807) is 0 Å². The molecule has 29 heavy (non-hydrogen) atoms. The summed E-state index contributed by atoms with van der Waals surface area (Å²) in [5.74, 6) is 0.412. The molecule has 2 aromatic carbocycles. The van der Waals surface area contributed by atoms with Gasteiger partial charge in [0.2, 0.25) is 10.0 Å². The maximum Gasteiger partial charge on any atom is 0.326 e. The molecule has 1 aliphatic rings. The second-order valence-electron chi connectivity index (χ2n) is 7.79. The molecular weight excluding hydrogens is 390 g/mol. The minimum Gasteiger partial charge on any atom is -0.307 e. The van der Waals surface area contributed by atoms with E-state index in [2.05, 4.69) is 23.8 Å². The average Bonchev–Trinajstić information content (AvgIpc) is 3.51. The largest absolute Gasteiger partial charge is 0.326 e. The first-order chi connectivity index (χ1) is 13.8. The quantitative estimate of drug-likeness (QED) is 0.648. The molecule has 1 aliphatic carbocycles. The second-order valence-corrected chi connectivity index (χ2v) is 9.68. The molecule has 0 radical (unpaired) electrons. The number of sulfonamides is 1. The summed E-state index contributed by atoms with van der Waals surface area (Å²) in [6.07, 6.45) is 1.65. The third-order valence-corrected chi connectivity index (χ3v) is 7.15. The lowest BCUT2D eigenvalue weighted by atomic mass is 10.0. The zero-order valence-corrected chi connectivity index (χ0v) is 17.1. The summed E-state index contributed by atoms with van der Waals surface area (Å²) in [6.45, 7) is 4.51. The lowest BCUT2D eigenvalue weighted by Crippen LogP contribution is -2.33. The predicted octanol–water partition coefficient (Wildman–Crippen LogP) is 2.69. The summed E-state index contributed by atoms with van der Waals surface area (Å²) < 4.78 is 28.2. The molecule has 1 fully saturated rings. The molecule has 0 atom stereocenters. The van der Waals surface area contributed by atoms with Crippen LogP contribution in [-0.4, -0.2) is 28.7 Å². The van der Waals surface area contributed by atoms with Gasteiger partial charge in [-0.2, -0.15) is 4.31 Å². The summed E-state index contributed by atoms with van der Waals surface area (Å²) in [5, 5.41) is 0.141. The van der Waals surface area contributed by atoms with Crippen LogP contribution in [0.25, 0.3) is 10.9 Å². The lowest BCUT2D eigenvalue weighted by Gasteiger charge is -2.22. The van der Waals surface area contributed by atoms with Crippen molar-refractivity contribution in [3.8, 4) is 0 Å². The Morgan fingerprint density at radius 3 is 2.34 bits per heavy atom. The van der Waals surface area contributed by atoms with Gasteiger partial charge in [0.05, 0.1) is 15.8 Å². The molecular formula is C21H23N3O4S. The first kappa shape index (κ1) is 19.6. The number of hydrogen-bond donors (Lipinski definition) is 2. The predicted molar refractivity (Wildman–Crippen MR) is 111 cm³/mol. The Bertz CT molecular complexity index is 1270. The van der Waals surface area contributed by atoms with Gasteiger partial charge in [-0.05, 0) is 48.1 Å². The molecule has 3 aromatic rings. The summed E-state index contributed by atoms with van der Waals surface area (Å²) in [7, 11) is -3.79. The summed E-state index contributed by atoms with van der Waals surface area (Å²) in [6, 6.07) is 12.2. The zero-order chi connectivity index (χ0) is 20.8. The number of H-pyrrole nitrogens is 2. The van der Waals surface area contributed by atoms with Gasteiger partial charge in [-0.3, -0.25) is 9.78 Å². The third-order valence-electron chi connectivity index (χ3n) is 5.26. The smallest absolute Gasteiger partial charge is 0.307 e. The van der Waals surface area contributed by atoms with Crippen molar-refractivity contribution in [3.63, 3.8) is 0 Å². The standard InChI is InChI=1S/C21H23N3O4S/c1-13(2)15-5-3-14(4-6-15)12-24(16-7-8-16)29(27,28)17-9-10-19-18(11-17)20(25)23-21(26)22-19/h3-6,9-11,13,16H,7-8,12H2,1-2H3,(H2,22,23,25,26). The maximum atomic E-state index is 13.4. The van der Waals surface area contributed by atoms with Crippen LogP contribution in [0.5, 0.6) is 0 Å². The van der Waals surface area contributed by atoms with Crippen molar-refractivity contribution in [3.05, 3.63) is 74.4 Å². The Hall–Kier alpha value is -2.71. The van der Waals surface area contributed by atoms with Crippen LogP contribution in [0.1, 0.15) is 43.7 Å². The highest BCUT2D eigenvalue weighted by molar-refractivity contribution is 7.89. The van der Waals surface area contributed by atoms with E-state index in [1.807, 2.05) is 24.3 Å². The Kier molecular flexibility index (Phi) is 4.92. The molecule has 0 aliphatic heterocycles. The number of hydrogen-bond acceptors (Lipinski definition) is 4. The number of aromatic nitrogens is 2. The van der Waals surface area contributed by atoms with E-state index in [0.29, 0.717) is 11.4 Å². The maximum absolute atomic E-state index is 13.4. The average molecular weight is 413 g/mol. The number of benzene rings is 2. The third kappa shape index (κ3) is 3.90. The lowest BCUT2D eigenvalue weighted by molar-refractivity contribution is 0.398. The van der Waals surface area contributed by atoms with Gasteiger partial charge in [0.15, 0.2) is 0 Å². The molecule has 2 N–H and O–H groups in total. The van der Waals surface area contributed by atoms with Crippen LogP contribution in [0.3, 0.4) is 0 Å². The molecule has 4 rings (SSSR count). The van der Waals surface area contributed by atoms with Crippen molar-refractivity contribution in [1.29, 1.82) is 0 Å². The van der Waals surface area contributed by atoms with E-state index in [4.69, 9.17) is 0 Å². The Morgan fingerprint density at radius 1 is 1.03 bits per heavy atom. The fourth-order valence-corrected chi connectivity index (χ4v) is 5.10. The van der Waals surface area contributed by atoms with E-state index in [0.717, 1.165) is 18.4 Å². The van der Waals surface area contributed by atoms with Crippen LogP contribution in [-0.2, 0) is 16.6 Å². The first-order valence-corrected chi connectivity index (χ1v) is 11.1. The van der Waals surface area contributed by atoms with E-state index < -0.39 is 21.3 Å². The van der Waals surface area contributed by atoms with Crippen LogP contribution < -0.4 is 11.2 Å². The van der Waals surface area contributed by atoms with Gasteiger partial charge in [0.25, 0.3) is 5.56 Å². The van der Waals surface area contributed by atoms with Gasteiger partial charge in [-0.1, -0.05) is 38.1 Å². The number of nitrogens with one attached hydrogen (secondary N) is 2. The van der Waals surface area contributed by atoms with Gasteiger partial charge in [0.1, 0.15) is 0 Å². The normalized spacial score (nSPS) is 14.8. The van der Waals surface area contributed by atoms with Crippen molar-refractivity contribution in [2.24, 2.45) is 0 Å². The molecule has 1 heterocycles. The first-order valence-electron chi connectivity index (χ1n) is 9.63. The molecule has 0 unspecified atom stereocenters. The molecule has 152 valence electrons. The minimum absolute atomic E-state index is 0.0330. The molecule has 0 saturated heterocycles. The van der Waals surface area contributed by atoms with Gasteiger partial charge in [-0.25, -0.2) is 13.2 Å². The van der Waals surface area contributed by atoms with Crippen molar-refractivity contribution >= 4 is 20.9 Å². The van der Waals surface area contributed by atoms with Crippen LogP contribution in [0.15, 0.2) is 56.9 Å². The molecule has 1 aromatic heterocycles. The molecule has 0 spiro atoms. The van der Waals surface area contributed by atoms with Crippen LogP contribution in [0.2, 0.25) is 0 Å².